The predicted octanol–water partition coefficient (Wildman–Crippen LogP) is 2.95. The minimum Gasteiger partial charge on any atom is -0.465 e. The smallest absolute Gasteiger partial charge is 0.407 e. The summed E-state index contributed by atoms with van der Waals surface area (Å²) in [5, 5.41) is 18.1. The summed E-state index contributed by atoms with van der Waals surface area (Å²) in [5.74, 6) is 0.903. The van der Waals surface area contributed by atoms with Gasteiger partial charge in [-0.1, -0.05) is 20.8 Å². The van der Waals surface area contributed by atoms with Gasteiger partial charge in [-0.2, -0.15) is 5.26 Å². The Bertz CT molecular complexity index is 664. The molecule has 1 aromatic heterocycles. The molecule has 0 aliphatic carbocycles. The monoisotopic (exact) mass is 328 g/mol. The van der Waals surface area contributed by atoms with Crippen LogP contribution in [0.15, 0.2) is 18.3 Å². The molecule has 3 heterocycles. The number of nitriles is 1. The first-order valence-corrected chi connectivity index (χ1v) is 8.37. The van der Waals surface area contributed by atoms with E-state index in [1.807, 2.05) is 6.07 Å². The highest BCUT2D eigenvalue weighted by molar-refractivity contribution is 5.65. The molecule has 2 aliphatic rings. The van der Waals surface area contributed by atoms with Gasteiger partial charge in [-0.15, -0.1) is 0 Å². The van der Waals surface area contributed by atoms with Gasteiger partial charge in [0, 0.05) is 37.3 Å². The van der Waals surface area contributed by atoms with Gasteiger partial charge < -0.3 is 14.9 Å². The van der Waals surface area contributed by atoms with Crippen LogP contribution in [0.3, 0.4) is 0 Å². The Kier molecular flexibility index (Phi) is 3.90. The number of carbonyl (C=O) groups is 1. The van der Waals surface area contributed by atoms with Crippen molar-refractivity contribution in [1.82, 2.24) is 9.88 Å². The summed E-state index contributed by atoms with van der Waals surface area (Å²) in [5.41, 5.74) is 0.787. The normalized spacial score (nSPS) is 22.8. The largest absolute Gasteiger partial charge is 0.465 e. The second kappa shape index (κ2) is 5.66. The predicted molar refractivity (Wildman–Crippen MR) is 90.8 cm³/mol. The molecule has 24 heavy (non-hydrogen) atoms. The van der Waals surface area contributed by atoms with Crippen LogP contribution < -0.4 is 4.90 Å². The van der Waals surface area contributed by atoms with Gasteiger partial charge in [-0.25, -0.2) is 9.78 Å². The second-order valence-electron chi connectivity index (χ2n) is 8.05. The van der Waals surface area contributed by atoms with Gasteiger partial charge in [0.15, 0.2) is 0 Å². The van der Waals surface area contributed by atoms with Gasteiger partial charge in [0.1, 0.15) is 11.9 Å². The summed E-state index contributed by atoms with van der Waals surface area (Å²) in [4.78, 5) is 19.5. The van der Waals surface area contributed by atoms with Gasteiger partial charge in [0.2, 0.25) is 0 Å². The summed E-state index contributed by atoms with van der Waals surface area (Å²) in [6.07, 6.45) is 2.59. The van der Waals surface area contributed by atoms with Crippen LogP contribution >= 0.6 is 0 Å². The molecule has 2 saturated heterocycles. The van der Waals surface area contributed by atoms with Crippen LogP contribution in [0.1, 0.15) is 39.2 Å². The lowest BCUT2D eigenvalue weighted by atomic mass is 9.57. The second-order valence-corrected chi connectivity index (χ2v) is 8.05. The molecule has 1 aromatic rings. The van der Waals surface area contributed by atoms with Gasteiger partial charge in [0.05, 0.1) is 5.56 Å². The first-order valence-electron chi connectivity index (χ1n) is 8.37. The van der Waals surface area contributed by atoms with E-state index in [1.165, 1.54) is 4.90 Å². The molecule has 1 amide bonds. The van der Waals surface area contributed by atoms with E-state index < -0.39 is 6.09 Å². The average molecular weight is 328 g/mol. The molecule has 6 heteroatoms. The van der Waals surface area contributed by atoms with Gasteiger partial charge in [0.25, 0.3) is 0 Å². The SMILES string of the molecule is CC(C)(C)C1N(c2ccc(C#N)cn2)CC12CCN(C(=O)O)CC2. The van der Waals surface area contributed by atoms with Gasteiger partial charge in [-0.05, 0) is 30.4 Å². The maximum atomic E-state index is 11.2. The Balaban J connectivity index is 1.82. The molecule has 1 spiro atoms. The van der Waals surface area contributed by atoms with Crippen LogP contribution in [-0.2, 0) is 0 Å². The molecule has 128 valence electrons. The standard InChI is InChI=1S/C18H24N4O2/c1-17(2,3)15-18(6-8-21(9-7-18)16(23)24)12-22(15)14-5-4-13(10-19)11-20-14/h4-5,11,15H,6-9,12H2,1-3H3,(H,23,24). The minimum atomic E-state index is -0.818. The van der Waals surface area contributed by atoms with Crippen LogP contribution in [0.25, 0.3) is 0 Å². The molecule has 6 nitrogen and oxygen atoms in total. The fraction of sp³-hybridized carbons (Fsp3) is 0.611. The summed E-state index contributed by atoms with van der Waals surface area (Å²) in [6.45, 7) is 8.82. The molecule has 0 bridgehead atoms. The Morgan fingerprint density at radius 1 is 1.38 bits per heavy atom. The molecule has 1 atom stereocenters. The van der Waals surface area contributed by atoms with Crippen molar-refractivity contribution in [2.45, 2.75) is 39.7 Å². The third-order valence-electron chi connectivity index (χ3n) is 5.40. The Hall–Kier alpha value is -2.29. The van der Waals surface area contributed by atoms with E-state index in [0.717, 1.165) is 25.2 Å². The number of amides is 1. The van der Waals surface area contributed by atoms with Crippen LogP contribution in [0, 0.1) is 22.2 Å². The number of piperidine rings is 1. The molecule has 0 saturated carbocycles. The summed E-state index contributed by atoms with van der Waals surface area (Å²) >= 11 is 0. The van der Waals surface area contributed by atoms with Crippen molar-refractivity contribution in [3.63, 3.8) is 0 Å². The maximum absolute atomic E-state index is 11.2. The van der Waals surface area contributed by atoms with Crippen molar-refractivity contribution >= 4 is 11.9 Å². The van der Waals surface area contributed by atoms with Crippen molar-refractivity contribution in [2.24, 2.45) is 10.8 Å². The molecular formula is C18H24N4O2. The zero-order valence-corrected chi connectivity index (χ0v) is 14.5. The summed E-state index contributed by atoms with van der Waals surface area (Å²) in [6, 6.07) is 6.14. The van der Waals surface area contributed by atoms with Crippen molar-refractivity contribution in [2.75, 3.05) is 24.5 Å². The summed E-state index contributed by atoms with van der Waals surface area (Å²) in [7, 11) is 0. The number of nitrogens with zero attached hydrogens (tertiary/aromatic N) is 4. The van der Waals surface area contributed by atoms with E-state index >= 15 is 0 Å². The Morgan fingerprint density at radius 3 is 2.50 bits per heavy atom. The fourth-order valence-corrected chi connectivity index (χ4v) is 4.53. The quantitative estimate of drug-likeness (QED) is 0.857. The van der Waals surface area contributed by atoms with E-state index in [2.05, 4.69) is 36.7 Å². The first-order chi connectivity index (χ1) is 11.3. The van der Waals surface area contributed by atoms with Crippen LogP contribution in [0.2, 0.25) is 0 Å². The number of rotatable bonds is 1. The van der Waals surface area contributed by atoms with Crippen molar-refractivity contribution in [3.05, 3.63) is 23.9 Å². The minimum absolute atomic E-state index is 0.0687. The van der Waals surface area contributed by atoms with Crippen LogP contribution in [0.4, 0.5) is 10.6 Å². The number of anilines is 1. The topological polar surface area (TPSA) is 80.5 Å². The van der Waals surface area contributed by atoms with Crippen LogP contribution in [-0.4, -0.2) is 46.8 Å². The highest BCUT2D eigenvalue weighted by Gasteiger charge is 2.58. The first kappa shape index (κ1) is 16.6. The van der Waals surface area contributed by atoms with Gasteiger partial charge in [-0.3, -0.25) is 0 Å². The number of hydrogen-bond acceptors (Lipinski definition) is 4. The Labute approximate surface area is 142 Å². The van der Waals surface area contributed by atoms with E-state index in [-0.39, 0.29) is 10.8 Å². The summed E-state index contributed by atoms with van der Waals surface area (Å²) < 4.78 is 0. The fourth-order valence-electron chi connectivity index (χ4n) is 4.53. The van der Waals surface area contributed by atoms with E-state index in [1.54, 1.807) is 12.3 Å². The van der Waals surface area contributed by atoms with Gasteiger partial charge >= 0.3 is 6.09 Å². The molecule has 2 aliphatic heterocycles. The van der Waals surface area contributed by atoms with E-state index in [0.29, 0.717) is 24.7 Å². The third-order valence-corrected chi connectivity index (χ3v) is 5.40. The number of carboxylic acid groups (broad SMARTS) is 1. The van der Waals surface area contributed by atoms with Crippen molar-refractivity contribution in [3.8, 4) is 6.07 Å². The molecule has 1 unspecified atom stereocenters. The molecule has 1 N–H and O–H groups in total. The number of pyridine rings is 1. The zero-order valence-electron chi connectivity index (χ0n) is 14.5. The number of likely N-dealkylation sites (tertiary alicyclic amines) is 1. The van der Waals surface area contributed by atoms with Crippen molar-refractivity contribution < 1.29 is 9.90 Å². The number of aromatic nitrogens is 1. The highest BCUT2D eigenvalue weighted by Crippen LogP contribution is 2.53. The highest BCUT2D eigenvalue weighted by atomic mass is 16.4. The lowest BCUT2D eigenvalue weighted by molar-refractivity contribution is -0.0104. The molecule has 0 aromatic carbocycles. The average Bonchev–Trinajstić information content (AvgIpc) is 2.51. The molecule has 2 fully saturated rings. The molecular weight excluding hydrogens is 304 g/mol. The molecule has 3 rings (SSSR count). The maximum Gasteiger partial charge on any atom is 0.407 e. The zero-order chi connectivity index (χ0) is 17.5. The molecule has 0 radical (unpaired) electrons. The van der Waals surface area contributed by atoms with Crippen LogP contribution in [0.5, 0.6) is 0 Å². The lowest BCUT2D eigenvalue weighted by Gasteiger charge is -2.64. The van der Waals surface area contributed by atoms with E-state index in [9.17, 15) is 9.90 Å². The Morgan fingerprint density at radius 2 is 2.04 bits per heavy atom. The third kappa shape index (κ3) is 2.68. The van der Waals surface area contributed by atoms with Crippen molar-refractivity contribution in [1.29, 1.82) is 5.26 Å². The lowest BCUT2D eigenvalue weighted by Crippen LogP contribution is -2.72. The number of hydrogen-bond donors (Lipinski definition) is 1. The van der Waals surface area contributed by atoms with E-state index in [4.69, 9.17) is 5.26 Å².